The highest BCUT2D eigenvalue weighted by atomic mass is 35.5. The molecule has 1 unspecified atom stereocenters. The first-order chi connectivity index (χ1) is 7.81. The lowest BCUT2D eigenvalue weighted by Crippen LogP contribution is -2.56. The Labute approximate surface area is 115 Å². The molecule has 3 N–H and O–H groups in total. The lowest BCUT2D eigenvalue weighted by atomic mass is 9.62. The molecule has 0 saturated heterocycles. The Morgan fingerprint density at radius 3 is 2.50 bits per heavy atom. The number of hydrogen-bond donors (Lipinski definition) is 2. The minimum atomic E-state index is -0.425. The van der Waals surface area contributed by atoms with Gasteiger partial charge in [0.1, 0.15) is 5.60 Å². The van der Waals surface area contributed by atoms with Gasteiger partial charge in [0.15, 0.2) is 0 Å². The van der Waals surface area contributed by atoms with Gasteiger partial charge in [0.25, 0.3) is 0 Å². The van der Waals surface area contributed by atoms with Crippen LogP contribution in [0.2, 0.25) is 0 Å². The van der Waals surface area contributed by atoms with E-state index in [9.17, 15) is 4.79 Å². The largest absolute Gasteiger partial charge is 0.444 e. The van der Waals surface area contributed by atoms with Crippen molar-refractivity contribution >= 4 is 18.5 Å². The molecule has 5 heteroatoms. The van der Waals surface area contributed by atoms with E-state index >= 15 is 0 Å². The first kappa shape index (κ1) is 15.6. The number of halogens is 1. The standard InChI is InChI=1S/C13H24N2O2.ClH/c1-12(2,3)17-11(16)15-10-5-4-6-13(10)7-9(14)8-13;/h9-10H,4-8,14H2,1-3H3,(H,15,16);1H. The molecule has 106 valence electrons. The van der Waals surface area contributed by atoms with E-state index < -0.39 is 5.60 Å². The van der Waals surface area contributed by atoms with Crippen LogP contribution in [0.3, 0.4) is 0 Å². The van der Waals surface area contributed by atoms with Crippen molar-refractivity contribution < 1.29 is 9.53 Å². The number of ether oxygens (including phenoxy) is 1. The normalized spacial score (nSPS) is 34.7. The van der Waals surface area contributed by atoms with Crippen molar-refractivity contribution in [2.75, 3.05) is 0 Å². The second-order valence-corrected chi connectivity index (χ2v) is 6.62. The van der Waals surface area contributed by atoms with Crippen LogP contribution in [0.15, 0.2) is 0 Å². The molecule has 18 heavy (non-hydrogen) atoms. The Kier molecular flexibility index (Phi) is 4.55. The summed E-state index contributed by atoms with van der Waals surface area (Å²) in [4.78, 5) is 11.8. The molecule has 0 aromatic rings. The molecule has 0 aromatic carbocycles. The lowest BCUT2D eigenvalue weighted by molar-refractivity contribution is 0.0328. The van der Waals surface area contributed by atoms with Crippen LogP contribution in [0, 0.1) is 5.41 Å². The van der Waals surface area contributed by atoms with Crippen LogP contribution in [0.25, 0.3) is 0 Å². The van der Waals surface area contributed by atoms with Gasteiger partial charge < -0.3 is 15.8 Å². The number of amides is 1. The number of nitrogens with one attached hydrogen (secondary N) is 1. The zero-order valence-electron chi connectivity index (χ0n) is 11.5. The quantitative estimate of drug-likeness (QED) is 0.774. The van der Waals surface area contributed by atoms with Crippen molar-refractivity contribution in [3.63, 3.8) is 0 Å². The summed E-state index contributed by atoms with van der Waals surface area (Å²) in [5.74, 6) is 0. The topological polar surface area (TPSA) is 64.3 Å². The van der Waals surface area contributed by atoms with Gasteiger partial charge in [0.05, 0.1) is 0 Å². The molecule has 0 aromatic heterocycles. The summed E-state index contributed by atoms with van der Waals surface area (Å²) in [5.41, 5.74) is 5.73. The average Bonchev–Trinajstić information content (AvgIpc) is 2.44. The van der Waals surface area contributed by atoms with Gasteiger partial charge >= 0.3 is 6.09 Å². The van der Waals surface area contributed by atoms with Crippen molar-refractivity contribution in [3.8, 4) is 0 Å². The number of carbonyl (C=O) groups is 1. The van der Waals surface area contributed by atoms with Crippen LogP contribution < -0.4 is 11.1 Å². The van der Waals surface area contributed by atoms with Gasteiger partial charge in [-0.15, -0.1) is 12.4 Å². The maximum Gasteiger partial charge on any atom is 0.407 e. The Morgan fingerprint density at radius 1 is 1.39 bits per heavy atom. The van der Waals surface area contributed by atoms with E-state index in [2.05, 4.69) is 5.32 Å². The molecule has 0 heterocycles. The van der Waals surface area contributed by atoms with E-state index in [1.807, 2.05) is 20.8 Å². The molecule has 2 aliphatic carbocycles. The molecular formula is C13H25ClN2O2. The van der Waals surface area contributed by atoms with Crippen molar-refractivity contribution in [2.24, 2.45) is 11.1 Å². The maximum absolute atomic E-state index is 11.8. The Morgan fingerprint density at radius 2 is 2.00 bits per heavy atom. The van der Waals surface area contributed by atoms with E-state index in [1.54, 1.807) is 0 Å². The molecule has 0 aliphatic heterocycles. The fourth-order valence-electron chi connectivity index (χ4n) is 3.29. The predicted molar refractivity (Wildman–Crippen MR) is 73.9 cm³/mol. The summed E-state index contributed by atoms with van der Waals surface area (Å²) in [6, 6.07) is 0.591. The lowest BCUT2D eigenvalue weighted by Gasteiger charge is -2.47. The number of nitrogens with two attached hydrogens (primary N) is 1. The molecule has 1 atom stereocenters. The third-order valence-corrected chi connectivity index (χ3v) is 3.94. The highest BCUT2D eigenvalue weighted by Crippen LogP contribution is 2.52. The van der Waals surface area contributed by atoms with Gasteiger partial charge in [-0.05, 0) is 51.9 Å². The van der Waals surface area contributed by atoms with Crippen LogP contribution in [0.4, 0.5) is 4.79 Å². The summed E-state index contributed by atoms with van der Waals surface area (Å²) < 4.78 is 5.31. The van der Waals surface area contributed by atoms with Crippen LogP contribution in [-0.2, 0) is 4.74 Å². The highest BCUT2D eigenvalue weighted by molar-refractivity contribution is 5.85. The number of alkyl carbamates (subject to hydrolysis) is 1. The van der Waals surface area contributed by atoms with E-state index in [4.69, 9.17) is 10.5 Å². The zero-order valence-corrected chi connectivity index (χ0v) is 12.3. The van der Waals surface area contributed by atoms with Crippen LogP contribution in [0.5, 0.6) is 0 Å². The predicted octanol–water partition coefficient (Wildman–Crippen LogP) is 2.59. The summed E-state index contributed by atoms with van der Waals surface area (Å²) in [5, 5.41) is 3.03. The van der Waals surface area contributed by atoms with Crippen molar-refractivity contribution in [2.45, 2.75) is 70.6 Å². The van der Waals surface area contributed by atoms with E-state index in [-0.39, 0.29) is 30.0 Å². The van der Waals surface area contributed by atoms with Crippen molar-refractivity contribution in [3.05, 3.63) is 0 Å². The molecule has 2 aliphatic rings. The monoisotopic (exact) mass is 276 g/mol. The summed E-state index contributed by atoms with van der Waals surface area (Å²) in [6.07, 6.45) is 5.26. The number of rotatable bonds is 1. The smallest absolute Gasteiger partial charge is 0.407 e. The van der Waals surface area contributed by atoms with Gasteiger partial charge in [0, 0.05) is 12.1 Å². The Hall–Kier alpha value is -0.480. The van der Waals surface area contributed by atoms with Gasteiger partial charge in [-0.1, -0.05) is 6.42 Å². The Balaban J connectivity index is 0.00000162. The number of hydrogen-bond acceptors (Lipinski definition) is 3. The number of carbonyl (C=O) groups excluding carboxylic acids is 1. The third-order valence-electron chi connectivity index (χ3n) is 3.94. The molecule has 1 spiro atoms. The van der Waals surface area contributed by atoms with Gasteiger partial charge in [-0.3, -0.25) is 0 Å². The van der Waals surface area contributed by atoms with Crippen LogP contribution >= 0.6 is 12.4 Å². The van der Waals surface area contributed by atoms with E-state index in [0.717, 1.165) is 19.3 Å². The third kappa shape index (κ3) is 3.29. The molecule has 1 amide bonds. The summed E-state index contributed by atoms with van der Waals surface area (Å²) in [6.45, 7) is 5.66. The summed E-state index contributed by atoms with van der Waals surface area (Å²) in [7, 11) is 0. The molecule has 0 radical (unpaired) electrons. The van der Waals surface area contributed by atoms with E-state index in [1.165, 1.54) is 12.8 Å². The zero-order chi connectivity index (χ0) is 12.7. The highest BCUT2D eigenvalue weighted by Gasteiger charge is 2.51. The average molecular weight is 277 g/mol. The Bertz CT molecular complexity index is 309. The van der Waals surface area contributed by atoms with Gasteiger partial charge in [-0.2, -0.15) is 0 Å². The maximum atomic E-state index is 11.8. The molecule has 0 bridgehead atoms. The second kappa shape index (κ2) is 5.25. The molecule has 2 rings (SSSR count). The van der Waals surface area contributed by atoms with E-state index in [0.29, 0.717) is 6.04 Å². The molecule has 2 saturated carbocycles. The molecular weight excluding hydrogens is 252 g/mol. The van der Waals surface area contributed by atoms with Gasteiger partial charge in [-0.25, -0.2) is 4.79 Å². The van der Waals surface area contributed by atoms with Crippen LogP contribution in [0.1, 0.15) is 52.9 Å². The van der Waals surface area contributed by atoms with Crippen LogP contribution in [-0.4, -0.2) is 23.8 Å². The molecule has 4 nitrogen and oxygen atoms in total. The second-order valence-electron chi connectivity index (χ2n) is 6.62. The minimum absolute atomic E-state index is 0. The fraction of sp³-hybridized carbons (Fsp3) is 0.923. The molecule has 2 fully saturated rings. The van der Waals surface area contributed by atoms with Crippen molar-refractivity contribution in [1.82, 2.24) is 5.32 Å². The first-order valence-electron chi connectivity index (χ1n) is 6.56. The van der Waals surface area contributed by atoms with Gasteiger partial charge in [0.2, 0.25) is 0 Å². The summed E-state index contributed by atoms with van der Waals surface area (Å²) >= 11 is 0. The first-order valence-corrected chi connectivity index (χ1v) is 6.56. The van der Waals surface area contributed by atoms with Crippen molar-refractivity contribution in [1.29, 1.82) is 0 Å². The SMILES string of the molecule is CC(C)(C)OC(=O)NC1CCCC12CC(N)C2.Cl. The fourth-order valence-corrected chi connectivity index (χ4v) is 3.29. The minimum Gasteiger partial charge on any atom is -0.444 e.